The zero-order valence-corrected chi connectivity index (χ0v) is 17.9. The Morgan fingerprint density at radius 3 is 2.33 bits per heavy atom. The highest BCUT2D eigenvalue weighted by molar-refractivity contribution is 7.88. The summed E-state index contributed by atoms with van der Waals surface area (Å²) in [4.78, 5) is 14.6. The summed E-state index contributed by atoms with van der Waals surface area (Å²) in [5.41, 5.74) is -0.445. The fourth-order valence-electron chi connectivity index (χ4n) is 5.48. The third kappa shape index (κ3) is 3.86. The molecule has 0 bridgehead atoms. The summed E-state index contributed by atoms with van der Waals surface area (Å²) in [5.74, 6) is 0.412. The molecule has 4 atom stereocenters. The predicted octanol–water partition coefficient (Wildman–Crippen LogP) is 3.50. The maximum Gasteiger partial charge on any atom is 0.416 e. The third-order valence-electron chi connectivity index (χ3n) is 6.88. The average molecular weight is 445 g/mol. The van der Waals surface area contributed by atoms with Crippen LogP contribution in [0.1, 0.15) is 44.2 Å². The van der Waals surface area contributed by atoms with Gasteiger partial charge in [-0.3, -0.25) is 4.79 Å². The number of sulfonamides is 1. The van der Waals surface area contributed by atoms with Crippen LogP contribution < -0.4 is 0 Å². The molecule has 3 fully saturated rings. The summed E-state index contributed by atoms with van der Waals surface area (Å²) in [6.45, 7) is 4.94. The molecule has 4 rings (SSSR count). The molecule has 1 aromatic rings. The van der Waals surface area contributed by atoms with E-state index in [2.05, 4.69) is 13.8 Å². The lowest BCUT2D eigenvalue weighted by Gasteiger charge is -2.47. The Hall–Kier alpha value is -1.61. The van der Waals surface area contributed by atoms with Crippen LogP contribution in [0.3, 0.4) is 0 Å². The summed E-state index contributed by atoms with van der Waals surface area (Å²) in [6, 6.07) is 4.57. The van der Waals surface area contributed by atoms with Crippen LogP contribution in [0.4, 0.5) is 13.2 Å². The Kier molecular flexibility index (Phi) is 5.41. The smallest absolute Gasteiger partial charge is 0.336 e. The summed E-state index contributed by atoms with van der Waals surface area (Å²) in [6.07, 6.45) is -2.51. The van der Waals surface area contributed by atoms with Crippen molar-refractivity contribution in [2.24, 2.45) is 17.8 Å². The molecule has 1 aromatic carbocycles. The van der Waals surface area contributed by atoms with Crippen molar-refractivity contribution in [2.75, 3.05) is 13.1 Å². The SMILES string of the molecule is CC(C)[C@H]1CC2CN(S(=O)(=O)Cc3ccc(C(F)(F)F)cc3)C[C@H]3CCC(=O)N1C23. The van der Waals surface area contributed by atoms with E-state index < -0.39 is 21.8 Å². The molecule has 3 aliphatic heterocycles. The lowest BCUT2D eigenvalue weighted by atomic mass is 9.80. The topological polar surface area (TPSA) is 57.7 Å². The number of hydrogen-bond acceptors (Lipinski definition) is 3. The molecule has 3 heterocycles. The Morgan fingerprint density at radius 1 is 1.10 bits per heavy atom. The van der Waals surface area contributed by atoms with Gasteiger partial charge in [-0.15, -0.1) is 0 Å². The number of halogens is 3. The standard InChI is InChI=1S/C21H27F3N2O3S/c1-13(2)18-9-16-11-25(10-15-5-8-19(27)26(18)20(15)16)30(28,29)12-14-3-6-17(7-4-14)21(22,23)24/h3-4,6-7,13,15-16,18,20H,5,8-12H2,1-2H3/t15-,16?,18-,20?/m1/s1. The number of rotatable bonds is 4. The number of amides is 1. The van der Waals surface area contributed by atoms with Crippen molar-refractivity contribution < 1.29 is 26.4 Å². The minimum absolute atomic E-state index is 0.108. The van der Waals surface area contributed by atoms with E-state index in [4.69, 9.17) is 0 Å². The van der Waals surface area contributed by atoms with Crippen molar-refractivity contribution >= 4 is 15.9 Å². The van der Waals surface area contributed by atoms with Crippen LogP contribution >= 0.6 is 0 Å². The van der Waals surface area contributed by atoms with Crippen molar-refractivity contribution in [1.82, 2.24) is 9.21 Å². The highest BCUT2D eigenvalue weighted by Crippen LogP contribution is 2.45. The minimum Gasteiger partial charge on any atom is -0.336 e. The second-order valence-corrected chi connectivity index (χ2v) is 11.1. The van der Waals surface area contributed by atoms with Gasteiger partial charge in [0, 0.05) is 31.6 Å². The van der Waals surface area contributed by atoms with Gasteiger partial charge >= 0.3 is 6.18 Å². The molecule has 5 nitrogen and oxygen atoms in total. The van der Waals surface area contributed by atoms with E-state index >= 15 is 0 Å². The van der Waals surface area contributed by atoms with Gasteiger partial charge in [0.05, 0.1) is 11.3 Å². The van der Waals surface area contributed by atoms with Gasteiger partial charge < -0.3 is 4.90 Å². The van der Waals surface area contributed by atoms with Gasteiger partial charge in [-0.1, -0.05) is 26.0 Å². The van der Waals surface area contributed by atoms with Gasteiger partial charge in [-0.25, -0.2) is 12.7 Å². The van der Waals surface area contributed by atoms with E-state index in [0.29, 0.717) is 37.4 Å². The maximum absolute atomic E-state index is 13.1. The van der Waals surface area contributed by atoms with E-state index in [9.17, 15) is 26.4 Å². The van der Waals surface area contributed by atoms with Crippen molar-refractivity contribution in [1.29, 1.82) is 0 Å². The minimum atomic E-state index is -4.45. The highest BCUT2D eigenvalue weighted by atomic mass is 32.2. The first-order valence-electron chi connectivity index (χ1n) is 10.4. The second-order valence-electron chi connectivity index (χ2n) is 9.17. The van der Waals surface area contributed by atoms with Gasteiger partial charge in [0.1, 0.15) is 0 Å². The third-order valence-corrected chi connectivity index (χ3v) is 8.66. The normalized spacial score (nSPS) is 30.1. The van der Waals surface area contributed by atoms with Gasteiger partial charge in [0.15, 0.2) is 0 Å². The fraction of sp³-hybridized carbons (Fsp3) is 0.667. The number of piperidine rings is 2. The number of alkyl halides is 3. The van der Waals surface area contributed by atoms with Crippen LogP contribution in [0.2, 0.25) is 0 Å². The number of hydrogen-bond donors (Lipinski definition) is 0. The van der Waals surface area contributed by atoms with Crippen molar-refractivity contribution in [3.8, 4) is 0 Å². The van der Waals surface area contributed by atoms with Gasteiger partial charge in [-0.2, -0.15) is 13.2 Å². The molecule has 0 spiro atoms. The molecule has 0 N–H and O–H groups in total. The quantitative estimate of drug-likeness (QED) is 0.714. The lowest BCUT2D eigenvalue weighted by molar-refractivity contribution is -0.142. The molecule has 0 aliphatic carbocycles. The Morgan fingerprint density at radius 2 is 1.73 bits per heavy atom. The number of benzene rings is 1. The molecule has 2 unspecified atom stereocenters. The van der Waals surface area contributed by atoms with Crippen LogP contribution in [0, 0.1) is 17.8 Å². The molecule has 3 aliphatic rings. The Bertz CT molecular complexity index is 914. The second kappa shape index (κ2) is 7.51. The highest BCUT2D eigenvalue weighted by Gasteiger charge is 2.54. The number of nitrogens with zero attached hydrogens (tertiary/aromatic N) is 2. The van der Waals surface area contributed by atoms with E-state index in [-0.39, 0.29) is 35.6 Å². The van der Waals surface area contributed by atoms with Crippen LogP contribution in [-0.4, -0.2) is 48.7 Å². The molecule has 0 radical (unpaired) electrons. The summed E-state index contributed by atoms with van der Waals surface area (Å²) in [7, 11) is -3.66. The van der Waals surface area contributed by atoms with E-state index in [1.54, 1.807) is 0 Å². The molecular formula is C21H27F3N2O3S. The predicted molar refractivity (Wildman–Crippen MR) is 106 cm³/mol. The molecule has 30 heavy (non-hydrogen) atoms. The monoisotopic (exact) mass is 444 g/mol. The van der Waals surface area contributed by atoms with E-state index in [0.717, 1.165) is 18.6 Å². The van der Waals surface area contributed by atoms with Crippen LogP contribution in [0.25, 0.3) is 0 Å². The molecular weight excluding hydrogens is 417 g/mol. The van der Waals surface area contributed by atoms with Crippen LogP contribution in [0.15, 0.2) is 24.3 Å². The van der Waals surface area contributed by atoms with E-state index in [1.807, 2.05) is 4.90 Å². The van der Waals surface area contributed by atoms with Crippen molar-refractivity contribution in [2.45, 2.75) is 57.1 Å². The Labute approximate surface area is 175 Å². The van der Waals surface area contributed by atoms with E-state index in [1.165, 1.54) is 16.4 Å². The van der Waals surface area contributed by atoms with Crippen LogP contribution in [-0.2, 0) is 26.7 Å². The first-order valence-corrected chi connectivity index (χ1v) is 12.0. The molecule has 9 heteroatoms. The maximum atomic E-state index is 13.1. The summed E-state index contributed by atoms with van der Waals surface area (Å²) < 4.78 is 65.9. The zero-order valence-electron chi connectivity index (χ0n) is 17.1. The molecule has 0 saturated carbocycles. The lowest BCUT2D eigenvalue weighted by Crippen LogP contribution is -2.58. The van der Waals surface area contributed by atoms with Crippen LogP contribution in [0.5, 0.6) is 0 Å². The summed E-state index contributed by atoms with van der Waals surface area (Å²) in [5, 5.41) is 0. The number of carbonyl (C=O) groups is 1. The average Bonchev–Trinajstić information content (AvgIpc) is 3.05. The molecule has 166 valence electrons. The molecule has 1 amide bonds. The zero-order chi connectivity index (χ0) is 21.8. The summed E-state index contributed by atoms with van der Waals surface area (Å²) >= 11 is 0. The molecule has 0 aromatic heterocycles. The number of carbonyl (C=O) groups excluding carboxylic acids is 1. The Balaban J connectivity index is 1.52. The first-order chi connectivity index (χ1) is 14.0. The van der Waals surface area contributed by atoms with Gasteiger partial charge in [0.25, 0.3) is 0 Å². The fourth-order valence-corrected chi connectivity index (χ4v) is 7.11. The van der Waals surface area contributed by atoms with Crippen molar-refractivity contribution in [3.05, 3.63) is 35.4 Å². The largest absolute Gasteiger partial charge is 0.416 e. The van der Waals surface area contributed by atoms with Gasteiger partial charge in [-0.05, 0) is 48.3 Å². The molecule has 3 saturated heterocycles. The van der Waals surface area contributed by atoms with Crippen molar-refractivity contribution in [3.63, 3.8) is 0 Å². The van der Waals surface area contributed by atoms with Gasteiger partial charge in [0.2, 0.25) is 15.9 Å². The first kappa shape index (κ1) is 21.6.